The molecule has 1 aliphatic rings. The summed E-state index contributed by atoms with van der Waals surface area (Å²) in [7, 11) is 0. The fourth-order valence-electron chi connectivity index (χ4n) is 2.68. The van der Waals surface area contributed by atoms with Gasteiger partial charge < -0.3 is 10.6 Å². The average Bonchev–Trinajstić information content (AvgIpc) is 2.46. The fraction of sp³-hybridized carbons (Fsp3) is 0.533. The van der Waals surface area contributed by atoms with Gasteiger partial charge in [0.05, 0.1) is 0 Å². The van der Waals surface area contributed by atoms with Crippen LogP contribution in [0.5, 0.6) is 0 Å². The number of nitrogens with zero attached hydrogens (tertiary/aromatic N) is 1. The predicted molar refractivity (Wildman–Crippen MR) is 90.4 cm³/mol. The molecule has 118 valence electrons. The van der Waals surface area contributed by atoms with Gasteiger partial charge in [-0.15, -0.1) is 12.4 Å². The van der Waals surface area contributed by atoms with Crippen molar-refractivity contribution in [2.24, 2.45) is 5.73 Å². The van der Waals surface area contributed by atoms with E-state index >= 15 is 0 Å². The molecule has 1 aromatic rings. The van der Waals surface area contributed by atoms with Gasteiger partial charge in [-0.25, -0.2) is 0 Å². The van der Waals surface area contributed by atoms with Crippen LogP contribution in [-0.4, -0.2) is 29.9 Å². The maximum atomic E-state index is 12.3. The number of carbonyl (C=O) groups is 1. The Morgan fingerprint density at radius 1 is 1.33 bits per heavy atom. The van der Waals surface area contributed by atoms with Crippen molar-refractivity contribution in [3.05, 3.63) is 33.8 Å². The van der Waals surface area contributed by atoms with Crippen molar-refractivity contribution in [3.63, 3.8) is 0 Å². The molecule has 0 bridgehead atoms. The molecule has 1 fully saturated rings. The molecule has 2 N–H and O–H groups in total. The van der Waals surface area contributed by atoms with Gasteiger partial charge >= 0.3 is 0 Å². The number of aryl methyl sites for hydroxylation is 1. The molecule has 1 aliphatic heterocycles. The first-order chi connectivity index (χ1) is 9.61. The van der Waals surface area contributed by atoms with Crippen molar-refractivity contribution >= 4 is 41.5 Å². The summed E-state index contributed by atoms with van der Waals surface area (Å²) in [4.78, 5) is 14.3. The van der Waals surface area contributed by atoms with Crippen molar-refractivity contribution < 1.29 is 4.79 Å². The second-order valence-corrected chi connectivity index (χ2v) is 6.05. The molecule has 6 heteroatoms. The summed E-state index contributed by atoms with van der Waals surface area (Å²) in [5.74, 6) is 0.172. The van der Waals surface area contributed by atoms with E-state index in [1.165, 1.54) is 0 Å². The van der Waals surface area contributed by atoms with E-state index in [9.17, 15) is 4.79 Å². The topological polar surface area (TPSA) is 46.3 Å². The Kier molecular flexibility index (Phi) is 7.82. The summed E-state index contributed by atoms with van der Waals surface area (Å²) in [6.45, 7) is 1.38. The standard InChI is InChI=1S/C15H20Cl2N2O.ClH/c16-12-6-4-11(14(17)9-12)5-7-15(20)19-8-2-1-3-13(19)10-18;/h4,6,9,13H,1-3,5,7-8,10,18H2;1H. The molecule has 0 spiro atoms. The summed E-state index contributed by atoms with van der Waals surface area (Å²) in [6, 6.07) is 5.61. The highest BCUT2D eigenvalue weighted by Crippen LogP contribution is 2.23. The zero-order chi connectivity index (χ0) is 14.5. The first kappa shape index (κ1) is 18.6. The Morgan fingerprint density at radius 3 is 2.76 bits per heavy atom. The number of benzene rings is 1. The number of carbonyl (C=O) groups excluding carboxylic acids is 1. The maximum absolute atomic E-state index is 12.3. The van der Waals surface area contributed by atoms with Crippen LogP contribution in [0.4, 0.5) is 0 Å². The second kappa shape index (κ2) is 8.84. The Hall–Kier alpha value is -0.480. The van der Waals surface area contributed by atoms with Crippen LogP contribution in [0.1, 0.15) is 31.2 Å². The van der Waals surface area contributed by atoms with Crippen LogP contribution in [-0.2, 0) is 11.2 Å². The van der Waals surface area contributed by atoms with Gasteiger partial charge in [-0.3, -0.25) is 4.79 Å². The largest absolute Gasteiger partial charge is 0.338 e. The number of halogens is 3. The van der Waals surface area contributed by atoms with E-state index in [0.29, 0.717) is 29.4 Å². The summed E-state index contributed by atoms with van der Waals surface area (Å²) in [6.07, 6.45) is 4.36. The lowest BCUT2D eigenvalue weighted by molar-refractivity contribution is -0.134. The lowest BCUT2D eigenvalue weighted by Crippen LogP contribution is -2.47. The monoisotopic (exact) mass is 350 g/mol. The average molecular weight is 352 g/mol. The molecule has 0 radical (unpaired) electrons. The van der Waals surface area contributed by atoms with E-state index in [0.717, 1.165) is 31.4 Å². The zero-order valence-corrected chi connectivity index (χ0v) is 14.2. The van der Waals surface area contributed by atoms with Crippen LogP contribution >= 0.6 is 35.6 Å². The van der Waals surface area contributed by atoms with Gasteiger partial charge in [0.15, 0.2) is 0 Å². The van der Waals surface area contributed by atoms with Crippen LogP contribution < -0.4 is 5.73 Å². The number of rotatable bonds is 4. The molecule has 0 saturated carbocycles. The number of piperidine rings is 1. The third-order valence-corrected chi connectivity index (χ3v) is 4.43. The molecule has 0 aromatic heterocycles. The minimum Gasteiger partial charge on any atom is -0.338 e. The number of nitrogens with two attached hydrogens (primary N) is 1. The number of amides is 1. The fourth-order valence-corrected chi connectivity index (χ4v) is 3.19. The van der Waals surface area contributed by atoms with Crippen LogP contribution in [0.3, 0.4) is 0 Å². The zero-order valence-electron chi connectivity index (χ0n) is 11.9. The number of hydrogen-bond acceptors (Lipinski definition) is 2. The SMILES string of the molecule is Cl.NCC1CCCCN1C(=O)CCc1ccc(Cl)cc1Cl. The summed E-state index contributed by atoms with van der Waals surface area (Å²) < 4.78 is 0. The van der Waals surface area contributed by atoms with Crippen LogP contribution in [0, 0.1) is 0 Å². The first-order valence-electron chi connectivity index (χ1n) is 7.05. The number of hydrogen-bond donors (Lipinski definition) is 1. The van der Waals surface area contributed by atoms with Crippen molar-refractivity contribution in [2.75, 3.05) is 13.1 Å². The molecular formula is C15H21Cl3N2O. The van der Waals surface area contributed by atoms with E-state index < -0.39 is 0 Å². The van der Waals surface area contributed by atoms with Gasteiger partial charge in [-0.1, -0.05) is 29.3 Å². The highest BCUT2D eigenvalue weighted by atomic mass is 35.5. The highest BCUT2D eigenvalue weighted by Gasteiger charge is 2.25. The quantitative estimate of drug-likeness (QED) is 0.899. The third-order valence-electron chi connectivity index (χ3n) is 3.84. The Balaban J connectivity index is 0.00000220. The second-order valence-electron chi connectivity index (χ2n) is 5.21. The predicted octanol–water partition coefficient (Wildman–Crippen LogP) is 3.69. The summed E-state index contributed by atoms with van der Waals surface area (Å²) >= 11 is 12.0. The van der Waals surface area contributed by atoms with Crippen LogP contribution in [0.15, 0.2) is 18.2 Å². The third kappa shape index (κ3) is 5.03. The van der Waals surface area contributed by atoms with Gasteiger partial charge in [0.25, 0.3) is 0 Å². The van der Waals surface area contributed by atoms with Gasteiger partial charge in [0, 0.05) is 35.6 Å². The molecule has 1 amide bonds. The van der Waals surface area contributed by atoms with Crippen LogP contribution in [0.25, 0.3) is 0 Å². The van der Waals surface area contributed by atoms with Crippen molar-refractivity contribution in [1.29, 1.82) is 0 Å². The maximum Gasteiger partial charge on any atom is 0.223 e. The van der Waals surface area contributed by atoms with E-state index in [4.69, 9.17) is 28.9 Å². The molecule has 3 nitrogen and oxygen atoms in total. The van der Waals surface area contributed by atoms with Crippen molar-refractivity contribution in [3.8, 4) is 0 Å². The van der Waals surface area contributed by atoms with Gasteiger partial charge in [-0.2, -0.15) is 0 Å². The Labute approximate surface area is 142 Å². The molecule has 1 heterocycles. The highest BCUT2D eigenvalue weighted by molar-refractivity contribution is 6.35. The van der Waals surface area contributed by atoms with E-state index in [2.05, 4.69) is 0 Å². The molecule has 21 heavy (non-hydrogen) atoms. The summed E-state index contributed by atoms with van der Waals surface area (Å²) in [5, 5.41) is 1.24. The summed E-state index contributed by atoms with van der Waals surface area (Å²) in [5.41, 5.74) is 6.71. The minimum absolute atomic E-state index is 0. The van der Waals surface area contributed by atoms with E-state index in [-0.39, 0.29) is 24.4 Å². The number of likely N-dealkylation sites (tertiary alicyclic amines) is 1. The first-order valence-corrected chi connectivity index (χ1v) is 7.81. The molecule has 1 unspecified atom stereocenters. The normalized spacial score (nSPS) is 18.2. The molecule has 0 aliphatic carbocycles. The molecule has 1 saturated heterocycles. The van der Waals surface area contributed by atoms with Crippen LogP contribution in [0.2, 0.25) is 10.0 Å². The van der Waals surface area contributed by atoms with Gasteiger partial charge in [0.1, 0.15) is 0 Å². The lowest BCUT2D eigenvalue weighted by Gasteiger charge is -2.35. The smallest absolute Gasteiger partial charge is 0.223 e. The van der Waals surface area contributed by atoms with E-state index in [1.54, 1.807) is 12.1 Å². The van der Waals surface area contributed by atoms with Gasteiger partial charge in [0.2, 0.25) is 5.91 Å². The molecule has 1 atom stereocenters. The minimum atomic E-state index is 0. The van der Waals surface area contributed by atoms with E-state index in [1.807, 2.05) is 11.0 Å². The molecule has 1 aromatic carbocycles. The Bertz CT molecular complexity index is 482. The van der Waals surface area contributed by atoms with Crippen molar-refractivity contribution in [2.45, 2.75) is 38.1 Å². The van der Waals surface area contributed by atoms with Gasteiger partial charge in [-0.05, 0) is 43.4 Å². The molecular weight excluding hydrogens is 331 g/mol. The Morgan fingerprint density at radius 2 is 2.10 bits per heavy atom. The molecule has 2 rings (SSSR count). The van der Waals surface area contributed by atoms with Crippen molar-refractivity contribution in [1.82, 2.24) is 4.90 Å². The lowest BCUT2D eigenvalue weighted by atomic mass is 10.0.